The molecular formula is C40H43N3O7. The number of aromatic nitrogens is 1. The molecule has 0 aliphatic carbocycles. The van der Waals surface area contributed by atoms with Gasteiger partial charge in [-0.25, -0.2) is 0 Å². The third-order valence-electron chi connectivity index (χ3n) is 8.10. The minimum Gasteiger partial charge on any atom is -0.491 e. The molecule has 2 atom stereocenters. The summed E-state index contributed by atoms with van der Waals surface area (Å²) in [6, 6.07) is 33.8. The Hall–Kier alpha value is -5.29. The lowest BCUT2D eigenvalue weighted by Crippen LogP contribution is -2.44. The predicted octanol–water partition coefficient (Wildman–Crippen LogP) is 5.56. The Balaban J connectivity index is 1.25. The number of hydrogen-bond acceptors (Lipinski definition) is 9. The Morgan fingerprint density at radius 1 is 0.860 bits per heavy atom. The van der Waals surface area contributed by atoms with Crippen molar-refractivity contribution >= 4 is 22.8 Å². The summed E-state index contributed by atoms with van der Waals surface area (Å²) in [6.07, 6.45) is 1.45. The Bertz CT molecular complexity index is 1800. The number of rotatable bonds is 18. The van der Waals surface area contributed by atoms with Crippen molar-refractivity contribution in [3.05, 3.63) is 132 Å². The molecule has 1 heterocycles. The van der Waals surface area contributed by atoms with Crippen molar-refractivity contribution in [3.8, 4) is 17.2 Å². The van der Waals surface area contributed by atoms with Gasteiger partial charge in [-0.3, -0.25) is 19.5 Å². The number of ether oxygens (including phenoxy) is 3. The van der Waals surface area contributed by atoms with Gasteiger partial charge in [0.2, 0.25) is 0 Å². The molecule has 4 aromatic carbocycles. The first-order valence-electron chi connectivity index (χ1n) is 16.8. The predicted molar refractivity (Wildman–Crippen MR) is 191 cm³/mol. The molecule has 0 fully saturated rings. The summed E-state index contributed by atoms with van der Waals surface area (Å²) in [5, 5.41) is 24.9. The van der Waals surface area contributed by atoms with Crippen LogP contribution >= 0.6 is 0 Å². The molecule has 5 rings (SSSR count). The van der Waals surface area contributed by atoms with Crippen LogP contribution in [0.25, 0.3) is 10.9 Å². The number of aliphatic hydroxyl groups excluding tert-OH is 2. The number of nitrogens with one attached hydrogen (secondary N) is 1. The number of pyridine rings is 1. The molecule has 10 heteroatoms. The zero-order valence-electron chi connectivity index (χ0n) is 28.1. The van der Waals surface area contributed by atoms with Crippen molar-refractivity contribution in [2.24, 2.45) is 0 Å². The molecule has 1 amide bonds. The monoisotopic (exact) mass is 677 g/mol. The van der Waals surface area contributed by atoms with Crippen LogP contribution in [0.2, 0.25) is 0 Å². The van der Waals surface area contributed by atoms with E-state index < -0.39 is 6.10 Å². The molecule has 260 valence electrons. The Morgan fingerprint density at radius 3 is 2.32 bits per heavy atom. The average molecular weight is 678 g/mol. The van der Waals surface area contributed by atoms with Crippen LogP contribution in [0.15, 0.2) is 115 Å². The summed E-state index contributed by atoms with van der Waals surface area (Å²) in [4.78, 5) is 31.1. The topological polar surface area (TPSA) is 130 Å². The van der Waals surface area contributed by atoms with Gasteiger partial charge in [0.25, 0.3) is 5.91 Å². The fraction of sp³-hybridized carbons (Fsp3) is 0.275. The van der Waals surface area contributed by atoms with Crippen LogP contribution in [-0.2, 0) is 22.5 Å². The number of carbonyl (C=O) groups is 2. The third-order valence-corrected chi connectivity index (χ3v) is 8.10. The largest absolute Gasteiger partial charge is 0.491 e. The summed E-state index contributed by atoms with van der Waals surface area (Å²) < 4.78 is 17.0. The van der Waals surface area contributed by atoms with Crippen LogP contribution in [0.4, 0.5) is 0 Å². The van der Waals surface area contributed by atoms with Crippen molar-refractivity contribution in [1.82, 2.24) is 15.2 Å². The standard InChI is InChI=1S/C40H43N3O7/c1-2-48-38(46)21-23-42-40(47)36-15-9-14-35-37(20-22-41-39(35)36)50-34-18-16-29(17-19-34)24-31(27-44)43(25-30-10-5-3-6-11-30)26-32(45)28-49-33-12-7-4-8-13-33/h3-20,22,31-32,44-45H,2,21,23-28H2,1H3,(H,42,47)/t31-,32-/m0/s1. The van der Waals surface area contributed by atoms with Crippen LogP contribution in [-0.4, -0.2) is 77.0 Å². The van der Waals surface area contributed by atoms with Crippen molar-refractivity contribution in [2.75, 3.05) is 32.9 Å². The molecule has 0 spiro atoms. The first-order chi connectivity index (χ1) is 24.4. The highest BCUT2D eigenvalue weighted by Crippen LogP contribution is 2.31. The second kappa shape index (κ2) is 18.5. The number of carbonyl (C=O) groups excluding carboxylic acids is 2. The lowest BCUT2D eigenvalue weighted by Gasteiger charge is -2.32. The fourth-order valence-corrected chi connectivity index (χ4v) is 5.62. The quantitative estimate of drug-likeness (QED) is 0.102. The van der Waals surface area contributed by atoms with Gasteiger partial charge in [0.1, 0.15) is 30.0 Å². The number of amides is 1. The summed E-state index contributed by atoms with van der Waals surface area (Å²) in [7, 11) is 0. The third kappa shape index (κ3) is 10.4. The van der Waals surface area contributed by atoms with Crippen LogP contribution in [0, 0.1) is 0 Å². The first kappa shape index (κ1) is 36.0. The normalized spacial score (nSPS) is 12.3. The number of para-hydroxylation sites is 2. The second-order valence-corrected chi connectivity index (χ2v) is 11.8. The summed E-state index contributed by atoms with van der Waals surface area (Å²) in [5.41, 5.74) is 2.92. The molecule has 0 bridgehead atoms. The maximum atomic E-state index is 12.9. The maximum absolute atomic E-state index is 12.9. The minimum absolute atomic E-state index is 0.0813. The van der Waals surface area contributed by atoms with Crippen LogP contribution in [0.5, 0.6) is 17.2 Å². The molecule has 0 saturated carbocycles. The van der Waals surface area contributed by atoms with Gasteiger partial charge in [0, 0.05) is 37.3 Å². The smallest absolute Gasteiger partial charge is 0.307 e. The van der Waals surface area contributed by atoms with Gasteiger partial charge in [-0.1, -0.05) is 66.7 Å². The average Bonchev–Trinajstić information content (AvgIpc) is 3.14. The SMILES string of the molecule is CCOC(=O)CCNC(=O)c1cccc2c(Oc3ccc(C[C@@H](CO)N(Cc4ccccc4)C[C@H](O)COc4ccccc4)cc3)ccnc12. The molecule has 3 N–H and O–H groups in total. The molecule has 0 unspecified atom stereocenters. The Labute approximate surface area is 292 Å². The van der Waals surface area contributed by atoms with Gasteiger partial charge < -0.3 is 29.7 Å². The summed E-state index contributed by atoms with van der Waals surface area (Å²) >= 11 is 0. The molecule has 0 saturated heterocycles. The zero-order valence-corrected chi connectivity index (χ0v) is 28.1. The van der Waals surface area contributed by atoms with E-state index in [4.69, 9.17) is 14.2 Å². The highest BCUT2D eigenvalue weighted by molar-refractivity contribution is 6.06. The molecule has 10 nitrogen and oxygen atoms in total. The van der Waals surface area contributed by atoms with E-state index in [1.165, 1.54) is 0 Å². The van der Waals surface area contributed by atoms with Gasteiger partial charge in [0.15, 0.2) is 0 Å². The molecule has 0 aliphatic heterocycles. The number of aliphatic hydroxyl groups is 2. The Kier molecular flexibility index (Phi) is 13.3. The van der Waals surface area contributed by atoms with E-state index in [0.29, 0.717) is 59.8 Å². The van der Waals surface area contributed by atoms with E-state index >= 15 is 0 Å². The van der Waals surface area contributed by atoms with Gasteiger partial charge in [-0.2, -0.15) is 0 Å². The zero-order chi connectivity index (χ0) is 35.1. The van der Waals surface area contributed by atoms with E-state index in [-0.39, 0.29) is 44.1 Å². The first-order valence-corrected chi connectivity index (χ1v) is 16.8. The van der Waals surface area contributed by atoms with E-state index in [0.717, 1.165) is 11.1 Å². The highest BCUT2D eigenvalue weighted by atomic mass is 16.5. The van der Waals surface area contributed by atoms with Crippen LogP contribution in [0.3, 0.4) is 0 Å². The van der Waals surface area contributed by atoms with Gasteiger partial charge in [0.05, 0.1) is 30.7 Å². The number of nitrogens with zero attached hydrogens (tertiary/aromatic N) is 2. The molecule has 0 aliphatic rings. The van der Waals surface area contributed by atoms with Crippen LogP contribution < -0.4 is 14.8 Å². The van der Waals surface area contributed by atoms with E-state index in [2.05, 4.69) is 15.2 Å². The van der Waals surface area contributed by atoms with Gasteiger partial charge in [-0.15, -0.1) is 0 Å². The molecule has 50 heavy (non-hydrogen) atoms. The number of esters is 1. The van der Waals surface area contributed by atoms with Crippen molar-refractivity contribution in [2.45, 2.75) is 38.5 Å². The molecule has 1 aromatic heterocycles. The van der Waals surface area contributed by atoms with Gasteiger partial charge in [-0.05, 0) is 66.9 Å². The minimum atomic E-state index is -0.768. The van der Waals surface area contributed by atoms with Gasteiger partial charge >= 0.3 is 5.97 Å². The number of fused-ring (bicyclic) bond motifs is 1. The van der Waals surface area contributed by atoms with Crippen molar-refractivity contribution in [1.29, 1.82) is 0 Å². The van der Waals surface area contributed by atoms with E-state index in [9.17, 15) is 19.8 Å². The maximum Gasteiger partial charge on any atom is 0.307 e. The molecule has 0 radical (unpaired) electrons. The highest BCUT2D eigenvalue weighted by Gasteiger charge is 2.22. The summed E-state index contributed by atoms with van der Waals surface area (Å²) in [6.45, 7) is 3.08. The van der Waals surface area contributed by atoms with E-state index in [1.807, 2.05) is 91.0 Å². The van der Waals surface area contributed by atoms with Crippen molar-refractivity contribution in [3.63, 3.8) is 0 Å². The Morgan fingerprint density at radius 2 is 1.60 bits per heavy atom. The van der Waals surface area contributed by atoms with Crippen LogP contribution in [0.1, 0.15) is 34.8 Å². The lowest BCUT2D eigenvalue weighted by molar-refractivity contribution is -0.142. The van der Waals surface area contributed by atoms with Crippen molar-refractivity contribution < 1.29 is 34.0 Å². The second-order valence-electron chi connectivity index (χ2n) is 11.8. The summed E-state index contributed by atoms with van der Waals surface area (Å²) in [5.74, 6) is 1.12. The number of hydrogen-bond donors (Lipinski definition) is 3. The number of benzene rings is 4. The fourth-order valence-electron chi connectivity index (χ4n) is 5.62. The lowest BCUT2D eigenvalue weighted by atomic mass is 10.0. The van der Waals surface area contributed by atoms with E-state index in [1.54, 1.807) is 31.3 Å². The molecular weight excluding hydrogens is 634 g/mol. The molecule has 5 aromatic rings.